The molecule has 0 aliphatic carbocycles. The fraction of sp³-hybridized carbons (Fsp3) is 0.102. The average molecular weight is 866 g/mol. The zero-order valence-electron chi connectivity index (χ0n) is 37.2. The highest BCUT2D eigenvalue weighted by Gasteiger charge is 2.25. The number of fused-ring (bicyclic) bond motifs is 2. The lowest BCUT2D eigenvalue weighted by Crippen LogP contribution is -2.12. The molecule has 9 aromatic carbocycles. The Kier molecular flexibility index (Phi) is 12.3. The first-order valence-corrected chi connectivity index (χ1v) is 22.0. The van der Waals surface area contributed by atoms with Crippen molar-refractivity contribution >= 4 is 56.5 Å². The lowest BCUT2D eigenvalue weighted by Gasteiger charge is -2.26. The first kappa shape index (κ1) is 43.0. The van der Waals surface area contributed by atoms with Crippen LogP contribution in [0.15, 0.2) is 188 Å². The van der Waals surface area contributed by atoms with Crippen molar-refractivity contribution in [3.05, 3.63) is 210 Å². The molecule has 324 valence electrons. The fourth-order valence-electron chi connectivity index (χ4n) is 8.72. The fourth-order valence-corrected chi connectivity index (χ4v) is 8.72. The molecule has 0 aromatic heterocycles. The number of hydrogen-bond acceptors (Lipinski definition) is 7. The van der Waals surface area contributed by atoms with E-state index in [1.807, 2.05) is 121 Å². The van der Waals surface area contributed by atoms with Crippen LogP contribution in [0.2, 0.25) is 0 Å². The first-order chi connectivity index (χ1) is 32.3. The smallest absolute Gasteiger partial charge is 0.338 e. The summed E-state index contributed by atoms with van der Waals surface area (Å²) < 4.78 is 16.5. The van der Waals surface area contributed by atoms with Crippen LogP contribution in [0.3, 0.4) is 0 Å². The summed E-state index contributed by atoms with van der Waals surface area (Å²) in [6, 6.07) is 62.1. The molecule has 0 bridgehead atoms. The Morgan fingerprint density at radius 3 is 1.41 bits per heavy atom. The third-order valence-corrected chi connectivity index (χ3v) is 11.9. The Bertz CT molecular complexity index is 3250. The second-order valence-corrected chi connectivity index (χ2v) is 16.0. The Labute approximate surface area is 384 Å². The second-order valence-electron chi connectivity index (χ2n) is 16.0. The molecular weight excluding hydrogens is 819 g/mol. The van der Waals surface area contributed by atoms with Crippen LogP contribution in [-0.2, 0) is 14.2 Å². The summed E-state index contributed by atoms with van der Waals surface area (Å²) in [5.41, 5.74) is 11.2. The van der Waals surface area contributed by atoms with Gasteiger partial charge < -0.3 is 19.1 Å². The topological polar surface area (TPSA) is 82.1 Å². The van der Waals surface area contributed by atoms with Gasteiger partial charge in [-0.2, -0.15) is 0 Å². The van der Waals surface area contributed by atoms with Crippen molar-refractivity contribution in [2.24, 2.45) is 0 Å². The number of nitrogens with zero attached hydrogens (tertiary/aromatic N) is 1. The largest absolute Gasteiger partial charge is 0.465 e. The van der Waals surface area contributed by atoms with Crippen molar-refractivity contribution in [1.29, 1.82) is 0 Å². The van der Waals surface area contributed by atoms with E-state index in [4.69, 9.17) is 14.2 Å². The van der Waals surface area contributed by atoms with E-state index in [2.05, 4.69) is 66.4 Å². The SMILES string of the molecule is CCOC(=O)c1cc(-c2cccc3ccccc23)c(C(=O)OCC)cc1-c1ccc(N(c2ccc(C)cc2)c2ccc(-c3ccc(-c4cccc5ccccc45)cc3C(=O)OC)cc2)cc1. The van der Waals surface area contributed by atoms with E-state index in [0.29, 0.717) is 27.8 Å². The number of methoxy groups -OCH3 is 1. The molecular formula is C59H47NO6. The van der Waals surface area contributed by atoms with Crippen molar-refractivity contribution in [3.63, 3.8) is 0 Å². The van der Waals surface area contributed by atoms with Gasteiger partial charge in [-0.1, -0.05) is 139 Å². The maximum atomic E-state index is 13.8. The van der Waals surface area contributed by atoms with Gasteiger partial charge in [-0.3, -0.25) is 0 Å². The van der Waals surface area contributed by atoms with Crippen LogP contribution in [0.1, 0.15) is 50.5 Å². The third-order valence-electron chi connectivity index (χ3n) is 11.9. The number of hydrogen-bond donors (Lipinski definition) is 0. The molecule has 0 spiro atoms. The summed E-state index contributed by atoms with van der Waals surface area (Å²) in [5, 5.41) is 4.18. The van der Waals surface area contributed by atoms with E-state index < -0.39 is 17.9 Å². The van der Waals surface area contributed by atoms with Crippen LogP contribution in [0.25, 0.3) is 66.1 Å². The highest BCUT2D eigenvalue weighted by Crippen LogP contribution is 2.41. The molecule has 66 heavy (non-hydrogen) atoms. The zero-order chi connectivity index (χ0) is 45.7. The summed E-state index contributed by atoms with van der Waals surface area (Å²) >= 11 is 0. The van der Waals surface area contributed by atoms with Gasteiger partial charge in [0.15, 0.2) is 0 Å². The summed E-state index contributed by atoms with van der Waals surface area (Å²) in [6.45, 7) is 5.99. The maximum Gasteiger partial charge on any atom is 0.338 e. The highest BCUT2D eigenvalue weighted by molar-refractivity contribution is 6.09. The van der Waals surface area contributed by atoms with Gasteiger partial charge in [-0.15, -0.1) is 0 Å². The predicted molar refractivity (Wildman–Crippen MR) is 266 cm³/mol. The highest BCUT2D eigenvalue weighted by atomic mass is 16.5. The third kappa shape index (κ3) is 8.42. The van der Waals surface area contributed by atoms with Crippen LogP contribution in [0.5, 0.6) is 0 Å². The van der Waals surface area contributed by atoms with Crippen molar-refractivity contribution in [2.75, 3.05) is 25.2 Å². The monoisotopic (exact) mass is 865 g/mol. The second kappa shape index (κ2) is 18.8. The van der Waals surface area contributed by atoms with E-state index in [9.17, 15) is 14.4 Å². The molecule has 0 atom stereocenters. The van der Waals surface area contributed by atoms with Gasteiger partial charge >= 0.3 is 17.9 Å². The molecule has 7 nitrogen and oxygen atoms in total. The molecule has 0 fully saturated rings. The molecule has 7 heteroatoms. The van der Waals surface area contributed by atoms with E-state index in [1.165, 1.54) is 7.11 Å². The van der Waals surface area contributed by atoms with Crippen LogP contribution in [0, 0.1) is 6.92 Å². The summed E-state index contributed by atoms with van der Waals surface area (Å²) in [4.78, 5) is 43.1. The summed E-state index contributed by atoms with van der Waals surface area (Å²) in [5.74, 6) is -1.39. The van der Waals surface area contributed by atoms with Gasteiger partial charge in [0.2, 0.25) is 0 Å². The zero-order valence-corrected chi connectivity index (χ0v) is 37.2. The number of ether oxygens (including phenoxy) is 3. The van der Waals surface area contributed by atoms with Crippen molar-refractivity contribution in [3.8, 4) is 44.5 Å². The van der Waals surface area contributed by atoms with Gasteiger partial charge in [-0.05, 0) is 141 Å². The molecule has 0 unspecified atom stereocenters. The Hall–Kier alpha value is -8.29. The van der Waals surface area contributed by atoms with Crippen LogP contribution >= 0.6 is 0 Å². The van der Waals surface area contributed by atoms with Gasteiger partial charge in [0.1, 0.15) is 0 Å². The minimum Gasteiger partial charge on any atom is -0.465 e. The maximum absolute atomic E-state index is 13.8. The molecule has 9 aromatic rings. The predicted octanol–water partition coefficient (Wildman–Crippen LogP) is 14.6. The lowest BCUT2D eigenvalue weighted by molar-refractivity contribution is 0.0513. The van der Waals surface area contributed by atoms with E-state index >= 15 is 0 Å². The number of benzene rings is 9. The number of aryl methyl sites for hydroxylation is 1. The van der Waals surface area contributed by atoms with Crippen LogP contribution < -0.4 is 4.90 Å². The molecule has 0 aliphatic heterocycles. The van der Waals surface area contributed by atoms with Gasteiger partial charge in [0.25, 0.3) is 0 Å². The summed E-state index contributed by atoms with van der Waals surface area (Å²) in [6.07, 6.45) is 0. The number of anilines is 3. The standard InChI is InChI=1S/C59H47NO6/c1-5-65-58(62)55-37-53(51-20-12-16-40-14-8-10-18-48(40)51)56(59(63)66-6-2)36-52(55)42-25-32-46(33-26-42)60(44-28-21-38(3)22-29-44)45-30-23-41(24-31-45)50-34-27-43(35-54(50)57(61)64-4)49-19-11-15-39-13-7-9-17-47(39)49/h7-37H,5-6H2,1-4H3. The van der Waals surface area contributed by atoms with Crippen molar-refractivity contribution < 1.29 is 28.6 Å². The lowest BCUT2D eigenvalue weighted by atomic mass is 9.88. The molecule has 0 radical (unpaired) electrons. The molecule has 0 N–H and O–H groups in total. The average Bonchev–Trinajstić information content (AvgIpc) is 3.36. The number of carbonyl (C=O) groups is 3. The summed E-state index contributed by atoms with van der Waals surface area (Å²) in [7, 11) is 1.41. The van der Waals surface area contributed by atoms with Gasteiger partial charge in [0.05, 0.1) is 37.0 Å². The quantitative estimate of drug-likeness (QED) is 0.0893. The Morgan fingerprint density at radius 1 is 0.409 bits per heavy atom. The molecule has 0 amide bonds. The number of esters is 3. The van der Waals surface area contributed by atoms with Crippen LogP contribution in [0.4, 0.5) is 17.1 Å². The van der Waals surface area contributed by atoms with E-state index in [1.54, 1.807) is 26.0 Å². The normalized spacial score (nSPS) is 11.0. The molecule has 0 saturated heterocycles. The first-order valence-electron chi connectivity index (χ1n) is 22.0. The van der Waals surface area contributed by atoms with Crippen molar-refractivity contribution in [2.45, 2.75) is 20.8 Å². The molecule has 0 saturated carbocycles. The van der Waals surface area contributed by atoms with E-state index in [-0.39, 0.29) is 13.2 Å². The van der Waals surface area contributed by atoms with Crippen LogP contribution in [-0.4, -0.2) is 38.2 Å². The molecule has 0 heterocycles. The van der Waals surface area contributed by atoms with Gasteiger partial charge in [-0.25, -0.2) is 14.4 Å². The molecule has 9 rings (SSSR count). The minimum atomic E-state index is -0.492. The Balaban J connectivity index is 1.12. The van der Waals surface area contributed by atoms with E-state index in [0.717, 1.165) is 77.6 Å². The molecule has 0 aliphatic rings. The Morgan fingerprint density at radius 2 is 0.848 bits per heavy atom. The van der Waals surface area contributed by atoms with Crippen molar-refractivity contribution in [1.82, 2.24) is 0 Å². The minimum absolute atomic E-state index is 0.186. The number of carbonyl (C=O) groups excluding carboxylic acids is 3. The number of rotatable bonds is 12. The van der Waals surface area contributed by atoms with Gasteiger partial charge in [0, 0.05) is 17.1 Å².